The fourth-order valence-electron chi connectivity index (χ4n) is 3.51. The van der Waals surface area contributed by atoms with Crippen molar-refractivity contribution in [1.29, 1.82) is 0 Å². The van der Waals surface area contributed by atoms with Crippen LogP contribution in [0.3, 0.4) is 0 Å². The molecule has 29 heavy (non-hydrogen) atoms. The van der Waals surface area contributed by atoms with Gasteiger partial charge in [-0.3, -0.25) is 9.10 Å². The van der Waals surface area contributed by atoms with E-state index in [1.54, 1.807) is 38.1 Å². The van der Waals surface area contributed by atoms with Gasteiger partial charge in [0.2, 0.25) is 0 Å². The summed E-state index contributed by atoms with van der Waals surface area (Å²) in [6, 6.07) is 9.40. The van der Waals surface area contributed by atoms with Gasteiger partial charge in [0.1, 0.15) is 0 Å². The summed E-state index contributed by atoms with van der Waals surface area (Å²) in [5.41, 5.74) is -0.101. The highest BCUT2D eigenvalue weighted by atomic mass is 32.2. The predicted octanol–water partition coefficient (Wildman–Crippen LogP) is 4.02. The monoisotopic (exact) mass is 427 g/mol. The van der Waals surface area contributed by atoms with Gasteiger partial charge in [-0.25, -0.2) is 8.42 Å². The van der Waals surface area contributed by atoms with E-state index in [4.69, 9.17) is 4.74 Å². The number of halogens is 3. The quantitative estimate of drug-likeness (QED) is 0.692. The summed E-state index contributed by atoms with van der Waals surface area (Å²) in [5, 5.41) is 0. The van der Waals surface area contributed by atoms with Gasteiger partial charge in [0.15, 0.2) is 0 Å². The van der Waals surface area contributed by atoms with E-state index < -0.39 is 44.6 Å². The van der Waals surface area contributed by atoms with E-state index in [0.29, 0.717) is 17.3 Å². The van der Waals surface area contributed by atoms with Crippen LogP contribution in [0.1, 0.15) is 25.0 Å². The summed E-state index contributed by atoms with van der Waals surface area (Å²) < 4.78 is 72.2. The van der Waals surface area contributed by atoms with Crippen molar-refractivity contribution in [2.75, 3.05) is 10.9 Å². The molecular weight excluding hydrogens is 407 g/mol. The molecule has 1 aliphatic heterocycles. The molecule has 0 saturated heterocycles. The van der Waals surface area contributed by atoms with Crippen LogP contribution in [0, 0.1) is 5.92 Å². The number of esters is 1. The largest absolute Gasteiger partial charge is 0.466 e. The number of nitrogens with zero attached hydrogens (tertiary/aromatic N) is 1. The van der Waals surface area contributed by atoms with E-state index in [2.05, 4.69) is 0 Å². The number of anilines is 1. The number of carbonyl (C=O) groups excluding carboxylic acids is 1. The maximum absolute atomic E-state index is 13.4. The molecule has 1 unspecified atom stereocenters. The topological polar surface area (TPSA) is 63.7 Å². The van der Waals surface area contributed by atoms with Crippen LogP contribution in [-0.4, -0.2) is 27.0 Å². The fraction of sp³-hybridized carbons (Fsp3) is 0.350. The molecule has 5 nitrogen and oxygen atoms in total. The molecule has 0 saturated carbocycles. The van der Waals surface area contributed by atoms with Crippen molar-refractivity contribution in [3.63, 3.8) is 0 Å². The fourth-order valence-corrected chi connectivity index (χ4v) is 5.29. The molecule has 2 atom stereocenters. The van der Waals surface area contributed by atoms with Gasteiger partial charge in [-0.2, -0.15) is 13.2 Å². The highest BCUT2D eigenvalue weighted by Gasteiger charge is 2.43. The van der Waals surface area contributed by atoms with Crippen molar-refractivity contribution < 1.29 is 31.1 Å². The van der Waals surface area contributed by atoms with E-state index in [1.165, 1.54) is 0 Å². The predicted molar refractivity (Wildman–Crippen MR) is 101 cm³/mol. The number of fused-ring (bicyclic) bond motifs is 1. The van der Waals surface area contributed by atoms with Gasteiger partial charge in [0.25, 0.3) is 10.0 Å². The molecule has 9 heteroatoms. The first-order valence-corrected chi connectivity index (χ1v) is 10.5. The first-order chi connectivity index (χ1) is 13.6. The second-order valence-corrected chi connectivity index (χ2v) is 8.57. The minimum absolute atomic E-state index is 0.143. The standard InChI is InChI=1S/C20H20F3NO4S/c1-3-28-19(25)17-11-14-7-4-5-10-18(14)24(13(17)2)29(26,27)16-9-6-8-15(12-16)20(21,22)23/h4-10,12-13,17H,3,11H2,1-2H3/t13-,17?/m1/s1. The summed E-state index contributed by atoms with van der Waals surface area (Å²) in [6.07, 6.45) is -4.39. The van der Waals surface area contributed by atoms with E-state index in [-0.39, 0.29) is 13.0 Å². The lowest BCUT2D eigenvalue weighted by Gasteiger charge is -2.40. The Balaban J connectivity index is 2.13. The number of ether oxygens (including phenoxy) is 1. The molecule has 2 aromatic carbocycles. The molecule has 0 aromatic heterocycles. The van der Waals surface area contributed by atoms with E-state index in [1.807, 2.05) is 0 Å². The van der Waals surface area contributed by atoms with Gasteiger partial charge in [-0.15, -0.1) is 0 Å². The molecule has 0 fully saturated rings. The number of hydrogen-bond donors (Lipinski definition) is 0. The second kappa shape index (κ2) is 7.70. The third-order valence-electron chi connectivity index (χ3n) is 4.93. The number of alkyl halides is 3. The van der Waals surface area contributed by atoms with Crippen molar-refractivity contribution in [3.8, 4) is 0 Å². The van der Waals surface area contributed by atoms with E-state index in [0.717, 1.165) is 22.5 Å². The maximum Gasteiger partial charge on any atom is 0.416 e. The summed E-state index contributed by atoms with van der Waals surface area (Å²) in [4.78, 5) is 11.9. The lowest BCUT2D eigenvalue weighted by Crippen LogP contribution is -2.49. The molecule has 1 aliphatic rings. The van der Waals surface area contributed by atoms with Crippen LogP contribution in [0.2, 0.25) is 0 Å². The Kier molecular flexibility index (Phi) is 5.62. The zero-order valence-corrected chi connectivity index (χ0v) is 16.6. The Morgan fingerprint density at radius 2 is 1.86 bits per heavy atom. The van der Waals surface area contributed by atoms with Crippen LogP contribution < -0.4 is 4.31 Å². The first-order valence-electron chi connectivity index (χ1n) is 9.03. The smallest absolute Gasteiger partial charge is 0.416 e. The maximum atomic E-state index is 13.4. The second-order valence-electron chi connectivity index (χ2n) is 6.76. The molecule has 0 aliphatic carbocycles. The summed E-state index contributed by atoms with van der Waals surface area (Å²) in [6.45, 7) is 3.35. The van der Waals surface area contributed by atoms with Crippen molar-refractivity contribution >= 4 is 21.7 Å². The van der Waals surface area contributed by atoms with Gasteiger partial charge in [0.05, 0.1) is 34.7 Å². The van der Waals surface area contributed by atoms with Crippen LogP contribution in [0.5, 0.6) is 0 Å². The minimum Gasteiger partial charge on any atom is -0.466 e. The van der Waals surface area contributed by atoms with Crippen LogP contribution in [-0.2, 0) is 32.2 Å². The highest BCUT2D eigenvalue weighted by Crippen LogP contribution is 2.39. The zero-order chi connectivity index (χ0) is 21.4. The SMILES string of the molecule is CCOC(=O)C1Cc2ccccc2N(S(=O)(=O)c2cccc(C(F)(F)F)c2)[C@@H]1C. The van der Waals surface area contributed by atoms with Crippen molar-refractivity contribution in [3.05, 3.63) is 59.7 Å². The third-order valence-corrected chi connectivity index (χ3v) is 6.83. The summed E-state index contributed by atoms with van der Waals surface area (Å²) in [5.74, 6) is -1.32. The Morgan fingerprint density at radius 3 is 2.52 bits per heavy atom. The number of sulfonamides is 1. The average molecular weight is 427 g/mol. The molecule has 3 rings (SSSR count). The number of carbonyl (C=O) groups is 1. The Labute approximate surface area is 167 Å². The highest BCUT2D eigenvalue weighted by molar-refractivity contribution is 7.92. The van der Waals surface area contributed by atoms with E-state index >= 15 is 0 Å². The van der Waals surface area contributed by atoms with Crippen LogP contribution in [0.25, 0.3) is 0 Å². The lowest BCUT2D eigenvalue weighted by molar-refractivity contribution is -0.148. The van der Waals surface area contributed by atoms with Crippen molar-refractivity contribution in [2.45, 2.75) is 37.4 Å². The molecule has 0 bridgehead atoms. The van der Waals surface area contributed by atoms with Gasteiger partial charge in [-0.1, -0.05) is 24.3 Å². The Hall–Kier alpha value is -2.55. The average Bonchev–Trinajstić information content (AvgIpc) is 2.66. The van der Waals surface area contributed by atoms with Gasteiger partial charge >= 0.3 is 12.1 Å². The van der Waals surface area contributed by atoms with Crippen LogP contribution >= 0.6 is 0 Å². The Bertz CT molecular complexity index is 1020. The van der Waals surface area contributed by atoms with Crippen LogP contribution in [0.15, 0.2) is 53.4 Å². The zero-order valence-electron chi connectivity index (χ0n) is 15.8. The van der Waals surface area contributed by atoms with Gasteiger partial charge < -0.3 is 4.74 Å². The van der Waals surface area contributed by atoms with Crippen molar-refractivity contribution in [1.82, 2.24) is 0 Å². The number of para-hydroxylation sites is 1. The lowest BCUT2D eigenvalue weighted by atomic mass is 9.88. The van der Waals surface area contributed by atoms with Crippen LogP contribution in [0.4, 0.5) is 18.9 Å². The molecule has 0 radical (unpaired) electrons. The molecule has 1 heterocycles. The Morgan fingerprint density at radius 1 is 1.17 bits per heavy atom. The number of hydrogen-bond acceptors (Lipinski definition) is 4. The van der Waals surface area contributed by atoms with Crippen molar-refractivity contribution in [2.24, 2.45) is 5.92 Å². The molecule has 0 N–H and O–H groups in total. The molecular formula is C20H20F3NO4S. The number of rotatable bonds is 4. The number of benzene rings is 2. The summed E-state index contributed by atoms with van der Waals surface area (Å²) >= 11 is 0. The molecule has 156 valence electrons. The van der Waals surface area contributed by atoms with E-state index in [9.17, 15) is 26.4 Å². The third kappa shape index (κ3) is 3.96. The summed E-state index contributed by atoms with van der Waals surface area (Å²) in [7, 11) is -4.36. The minimum atomic E-state index is -4.68. The van der Waals surface area contributed by atoms with Gasteiger partial charge in [-0.05, 0) is 50.1 Å². The molecule has 0 spiro atoms. The first kappa shape index (κ1) is 21.2. The molecule has 2 aromatic rings. The normalized spacial score (nSPS) is 19.6. The van der Waals surface area contributed by atoms with Gasteiger partial charge in [0, 0.05) is 0 Å². The molecule has 0 amide bonds.